The highest BCUT2D eigenvalue weighted by Crippen LogP contribution is 2.75. The van der Waals surface area contributed by atoms with Crippen molar-refractivity contribution in [3.05, 3.63) is 83.4 Å². The van der Waals surface area contributed by atoms with Gasteiger partial charge < -0.3 is 24.8 Å². The van der Waals surface area contributed by atoms with Crippen molar-refractivity contribution in [2.24, 2.45) is 68.0 Å². The van der Waals surface area contributed by atoms with Crippen LogP contribution in [-0.2, 0) is 31.9 Å². The second kappa shape index (κ2) is 22.0. The molecule has 2 bridgehead atoms. The first kappa shape index (κ1) is 54.9. The number of aliphatic hydroxyl groups excluding tert-OH is 2. The van der Waals surface area contributed by atoms with E-state index < -0.39 is 46.1 Å². The van der Waals surface area contributed by atoms with Gasteiger partial charge in [0, 0.05) is 24.8 Å². The molecule has 3 N–H and O–H groups in total. The number of carbonyl (C=O) groups is 2. The van der Waals surface area contributed by atoms with Gasteiger partial charge in [0.25, 0.3) is 0 Å². The van der Waals surface area contributed by atoms with Crippen LogP contribution in [0.15, 0.2) is 72.3 Å². The van der Waals surface area contributed by atoms with E-state index in [1.54, 1.807) is 6.08 Å². The van der Waals surface area contributed by atoms with Gasteiger partial charge in [0.15, 0.2) is 0 Å². The average Bonchev–Trinajstić information content (AvgIpc) is 4.20. The van der Waals surface area contributed by atoms with Crippen molar-refractivity contribution in [2.45, 2.75) is 238 Å². The van der Waals surface area contributed by atoms with Crippen LogP contribution in [0.1, 0.15) is 213 Å². The molecule has 0 aromatic heterocycles. The lowest BCUT2D eigenvalue weighted by molar-refractivity contribution is -0.339. The predicted molar refractivity (Wildman–Crippen MR) is 298 cm³/mol. The number of benzene rings is 2. The van der Waals surface area contributed by atoms with E-state index in [0.717, 1.165) is 74.7 Å². The number of carbonyl (C=O) groups excluding carboxylic acids is 2. The van der Waals surface area contributed by atoms with Crippen molar-refractivity contribution in [1.82, 2.24) is 0 Å². The fourth-order valence-corrected chi connectivity index (χ4v) is 19.5. The summed E-state index contributed by atoms with van der Waals surface area (Å²) < 4.78 is 12.2. The largest absolute Gasteiger partial charge is 0.462 e. The highest BCUT2D eigenvalue weighted by molar-refractivity contribution is 5.85. The zero-order valence-electron chi connectivity index (χ0n) is 47.0. The summed E-state index contributed by atoms with van der Waals surface area (Å²) in [5.41, 5.74) is 0.110. The third kappa shape index (κ3) is 10.6. The van der Waals surface area contributed by atoms with Crippen LogP contribution in [0.3, 0.4) is 0 Å². The van der Waals surface area contributed by atoms with Gasteiger partial charge in [0.2, 0.25) is 0 Å². The molecule has 2 heterocycles. The summed E-state index contributed by atoms with van der Waals surface area (Å²) in [6.07, 6.45) is 26.4. The Kier molecular flexibility index (Phi) is 16.1. The maximum absolute atomic E-state index is 14.4. The molecule has 13 unspecified atom stereocenters. The third-order valence-corrected chi connectivity index (χ3v) is 23.2. The second-order valence-electron chi connectivity index (χ2n) is 28.2. The van der Waals surface area contributed by atoms with Gasteiger partial charge in [0.05, 0.1) is 35.1 Å². The number of cyclic esters (lactones) is 1. The van der Waals surface area contributed by atoms with Crippen LogP contribution in [-0.4, -0.2) is 57.8 Å². The number of aryl methyl sites for hydroxylation is 2. The first-order valence-corrected chi connectivity index (χ1v) is 30.7. The molecular formula is C68H96O7. The van der Waals surface area contributed by atoms with Gasteiger partial charge in [-0.05, 0) is 216 Å². The molecule has 0 amide bonds. The van der Waals surface area contributed by atoms with Crippen LogP contribution in [0.25, 0.3) is 0 Å². The van der Waals surface area contributed by atoms with E-state index in [-0.39, 0.29) is 37.3 Å². The minimum absolute atomic E-state index is 0.172. The highest BCUT2D eigenvalue weighted by atomic mass is 16.5. The van der Waals surface area contributed by atoms with E-state index >= 15 is 0 Å². The summed E-state index contributed by atoms with van der Waals surface area (Å²) in [4.78, 5) is 26.5. The fourth-order valence-electron chi connectivity index (χ4n) is 19.5. The maximum atomic E-state index is 14.4. The summed E-state index contributed by atoms with van der Waals surface area (Å²) in [6.45, 7) is 11.6. The average molecular weight is 1030 g/mol. The van der Waals surface area contributed by atoms with E-state index in [4.69, 9.17) is 9.47 Å². The monoisotopic (exact) mass is 1020 g/mol. The predicted octanol–water partition coefficient (Wildman–Crippen LogP) is 14.3. The lowest BCUT2D eigenvalue weighted by atomic mass is 9.35. The lowest BCUT2D eigenvalue weighted by Gasteiger charge is -2.72. The number of ether oxygens (including phenoxy) is 2. The Morgan fingerprint density at radius 1 is 0.747 bits per heavy atom. The van der Waals surface area contributed by atoms with Crippen molar-refractivity contribution in [2.75, 3.05) is 6.61 Å². The van der Waals surface area contributed by atoms with Crippen molar-refractivity contribution >= 4 is 11.9 Å². The second-order valence-corrected chi connectivity index (χ2v) is 28.2. The summed E-state index contributed by atoms with van der Waals surface area (Å²) in [5, 5.41) is 41.2. The van der Waals surface area contributed by atoms with Gasteiger partial charge in [-0.2, -0.15) is 0 Å². The molecule has 6 fully saturated rings. The van der Waals surface area contributed by atoms with E-state index in [9.17, 15) is 24.9 Å². The number of aliphatic hydroxyl groups is 3. The molecule has 0 radical (unpaired) electrons. The Balaban J connectivity index is 0.961. The number of hydrogen-bond donors (Lipinski definition) is 3. The number of fused-ring (bicyclic) bond motifs is 4. The van der Waals surface area contributed by atoms with E-state index in [1.165, 1.54) is 94.6 Å². The molecule has 75 heavy (non-hydrogen) atoms. The Hall–Kier alpha value is -3.44. The van der Waals surface area contributed by atoms with Gasteiger partial charge in [-0.3, -0.25) is 4.79 Å². The van der Waals surface area contributed by atoms with Gasteiger partial charge in [-0.15, -0.1) is 5.92 Å². The molecule has 8 aliphatic rings. The van der Waals surface area contributed by atoms with Gasteiger partial charge in [-0.25, -0.2) is 4.79 Å². The molecule has 13 atom stereocenters. The van der Waals surface area contributed by atoms with Crippen molar-refractivity contribution < 1.29 is 34.4 Å². The Bertz CT molecular complexity index is 2390. The first-order valence-electron chi connectivity index (χ1n) is 30.7. The lowest BCUT2D eigenvalue weighted by Crippen LogP contribution is -2.79. The summed E-state index contributed by atoms with van der Waals surface area (Å²) in [5.74, 6) is 8.68. The van der Waals surface area contributed by atoms with Gasteiger partial charge in [0.1, 0.15) is 12.7 Å². The van der Waals surface area contributed by atoms with E-state index in [1.807, 2.05) is 6.92 Å². The summed E-state index contributed by atoms with van der Waals surface area (Å²) in [6, 6.07) is 21.9. The summed E-state index contributed by atoms with van der Waals surface area (Å²) in [7, 11) is 0. The summed E-state index contributed by atoms with van der Waals surface area (Å²) >= 11 is 0. The van der Waals surface area contributed by atoms with Crippen LogP contribution in [0.4, 0.5) is 0 Å². The normalized spacial score (nSPS) is 40.1. The number of hydrogen-bond acceptors (Lipinski definition) is 7. The standard InChI is InChI=1S/C68H96O7/c1-48(2)22-24-52-28-35-65(42-52)39-40-66(47-65)46-64(43-55(66)26-25-51-18-10-7-11-19-51)36-30-54(31-37-64)63(5)34-32-58(70)68(57(69)27-23-49(3)15-14-20-50-16-8-6-9-17-50)61(63)56-44-62(4,33-13-12-21-59(71)75-56)67(68,73)38-29-53-41-60(72)74-45-53/h6-11,16-19,41,48-49,52,54-58,61,69-70,73H,12,14-15,20-32,34-40,42-47H2,1-5H3. The molecule has 0 saturated heterocycles. The minimum atomic E-state index is -1.69. The van der Waals surface area contributed by atoms with Crippen LogP contribution < -0.4 is 0 Å². The molecule has 2 aromatic rings. The molecule has 3 spiro atoms. The maximum Gasteiger partial charge on any atom is 0.331 e. The van der Waals surface area contributed by atoms with Crippen molar-refractivity contribution in [3.63, 3.8) is 0 Å². The third-order valence-electron chi connectivity index (χ3n) is 23.2. The first-order chi connectivity index (χ1) is 35.9. The van der Waals surface area contributed by atoms with Crippen LogP contribution in [0.5, 0.6) is 0 Å². The van der Waals surface area contributed by atoms with Crippen molar-refractivity contribution in [3.8, 4) is 11.8 Å². The number of rotatable bonds is 18. The molecule has 2 aliphatic heterocycles. The minimum Gasteiger partial charge on any atom is -0.462 e. The van der Waals surface area contributed by atoms with Gasteiger partial charge >= 0.3 is 11.9 Å². The quantitative estimate of drug-likeness (QED) is 0.101. The smallest absolute Gasteiger partial charge is 0.331 e. The van der Waals surface area contributed by atoms with Crippen LogP contribution >= 0.6 is 0 Å². The Morgan fingerprint density at radius 3 is 2.13 bits per heavy atom. The van der Waals surface area contributed by atoms with E-state index in [0.29, 0.717) is 54.3 Å². The Labute approximate surface area is 452 Å². The number of esters is 2. The molecule has 10 rings (SSSR count). The van der Waals surface area contributed by atoms with Crippen LogP contribution in [0.2, 0.25) is 0 Å². The van der Waals surface area contributed by atoms with E-state index in [2.05, 4.69) is 100 Å². The SMILES string of the molecule is CC(C)CCC1CCC2(CCC3(C2)CC2(CCC(C4(C)CCC(O)C5(C(O)CCC(C)CCCc6ccccc6)C4C4CC(C)(C#CCCC(=O)O4)C5(O)CCC4=CC(=O)OC4)CC2)CC3CCc2ccccc2)C1. The zero-order chi connectivity index (χ0) is 52.7. The molecule has 7 nitrogen and oxygen atoms in total. The topological polar surface area (TPSA) is 113 Å². The van der Waals surface area contributed by atoms with Crippen molar-refractivity contribution in [1.29, 1.82) is 0 Å². The molecule has 6 saturated carbocycles. The molecule has 410 valence electrons. The molecule has 6 aliphatic carbocycles. The Morgan fingerprint density at radius 2 is 1.44 bits per heavy atom. The molecule has 2 aromatic carbocycles. The fraction of sp³-hybridized carbons (Fsp3) is 0.735. The van der Waals surface area contributed by atoms with Crippen LogP contribution in [0, 0.1) is 79.8 Å². The molecule has 7 heteroatoms. The van der Waals surface area contributed by atoms with Gasteiger partial charge in [-0.1, -0.05) is 114 Å². The highest BCUT2D eigenvalue weighted by Gasteiger charge is 2.78. The zero-order valence-corrected chi connectivity index (χ0v) is 47.0. The molecular weight excluding hydrogens is 929 g/mol.